The summed E-state index contributed by atoms with van der Waals surface area (Å²) in [4.78, 5) is 0. The quantitative estimate of drug-likeness (QED) is 0.318. The van der Waals surface area contributed by atoms with Crippen LogP contribution in [-0.4, -0.2) is 35.1 Å². The van der Waals surface area contributed by atoms with Crippen molar-refractivity contribution in [1.82, 2.24) is 10.2 Å². The fourth-order valence-corrected chi connectivity index (χ4v) is 3.64. The molecule has 0 aliphatic rings. The summed E-state index contributed by atoms with van der Waals surface area (Å²) in [6.45, 7) is 1.57. The van der Waals surface area contributed by atoms with Crippen LogP contribution in [-0.2, 0) is 11.7 Å². The molecule has 11 heteroatoms. The summed E-state index contributed by atoms with van der Waals surface area (Å²) in [6, 6.07) is 9.25. The van der Waals surface area contributed by atoms with E-state index in [1.807, 2.05) is 0 Å². The normalized spacial score (nSPS) is 13.5. The lowest BCUT2D eigenvalue weighted by Crippen LogP contribution is -2.36. The Morgan fingerprint density at radius 1 is 1.00 bits per heavy atom. The van der Waals surface area contributed by atoms with Gasteiger partial charge >= 0.3 is 6.18 Å². The van der Waals surface area contributed by atoms with E-state index in [0.717, 1.165) is 17.4 Å². The first-order valence-electron chi connectivity index (χ1n) is 10.1. The Labute approximate surface area is 192 Å². The van der Waals surface area contributed by atoms with E-state index in [1.54, 1.807) is 6.92 Å². The molecule has 3 N–H and O–H groups in total. The van der Waals surface area contributed by atoms with Gasteiger partial charge in [0, 0.05) is 5.56 Å². The fourth-order valence-electron chi connectivity index (χ4n) is 2.76. The van der Waals surface area contributed by atoms with E-state index in [9.17, 15) is 22.7 Å². The average molecular weight is 486 g/mol. The van der Waals surface area contributed by atoms with Gasteiger partial charge in [-0.25, -0.2) is 4.39 Å². The summed E-state index contributed by atoms with van der Waals surface area (Å²) >= 11 is 1.02. The van der Waals surface area contributed by atoms with Crippen LogP contribution in [0.3, 0.4) is 0 Å². The number of aliphatic hydroxyl groups is 1. The molecule has 0 amide bonds. The van der Waals surface area contributed by atoms with Crippen molar-refractivity contribution in [2.75, 3.05) is 19.8 Å². The van der Waals surface area contributed by atoms with Crippen LogP contribution in [0.25, 0.3) is 10.6 Å². The highest BCUT2D eigenvalue weighted by molar-refractivity contribution is 7.14. The van der Waals surface area contributed by atoms with Crippen molar-refractivity contribution in [1.29, 1.82) is 0 Å². The summed E-state index contributed by atoms with van der Waals surface area (Å²) in [5.74, 6) is -0.132. The van der Waals surface area contributed by atoms with Gasteiger partial charge in [0.25, 0.3) is 0 Å². The summed E-state index contributed by atoms with van der Waals surface area (Å²) in [5, 5.41) is 17.7. The van der Waals surface area contributed by atoms with Gasteiger partial charge in [-0.3, -0.25) is 0 Å². The number of aliphatic hydroxyl groups excluding tert-OH is 1. The number of benzene rings is 2. The van der Waals surface area contributed by atoms with Crippen LogP contribution in [0.1, 0.15) is 30.3 Å². The number of unbranched alkanes of at least 4 members (excludes halogenated alkanes) is 1. The predicted octanol–water partition coefficient (Wildman–Crippen LogP) is 4.77. The van der Waals surface area contributed by atoms with E-state index in [4.69, 9.17) is 15.2 Å². The van der Waals surface area contributed by atoms with E-state index < -0.39 is 17.3 Å². The monoisotopic (exact) mass is 485 g/mol. The highest BCUT2D eigenvalue weighted by Gasteiger charge is 2.35. The number of hydrogen-bond donors (Lipinski definition) is 2. The zero-order valence-corrected chi connectivity index (χ0v) is 18.5. The van der Waals surface area contributed by atoms with Crippen molar-refractivity contribution < 1.29 is 32.1 Å². The van der Waals surface area contributed by atoms with Gasteiger partial charge in [0.1, 0.15) is 27.3 Å². The molecular formula is C22H23F4N3O3S. The van der Waals surface area contributed by atoms with Crippen molar-refractivity contribution in [3.05, 3.63) is 58.9 Å². The second kappa shape index (κ2) is 10.4. The molecule has 0 saturated carbocycles. The van der Waals surface area contributed by atoms with Gasteiger partial charge in [-0.2, -0.15) is 13.2 Å². The molecule has 6 nitrogen and oxygen atoms in total. The third kappa shape index (κ3) is 6.62. The first-order chi connectivity index (χ1) is 15.6. The minimum Gasteiger partial charge on any atom is -0.494 e. The Morgan fingerprint density at radius 2 is 1.67 bits per heavy atom. The molecule has 0 bridgehead atoms. The number of aromatic nitrogens is 2. The van der Waals surface area contributed by atoms with E-state index in [0.29, 0.717) is 30.2 Å². The molecule has 0 radical (unpaired) electrons. The molecule has 1 heterocycles. The lowest BCUT2D eigenvalue weighted by molar-refractivity contribution is -0.138. The first kappa shape index (κ1) is 24.9. The van der Waals surface area contributed by atoms with Gasteiger partial charge in [0.15, 0.2) is 0 Å². The highest BCUT2D eigenvalue weighted by atomic mass is 32.1. The Bertz CT molecular complexity index is 1060. The molecule has 178 valence electrons. The molecule has 0 saturated heterocycles. The maximum atomic E-state index is 13.6. The lowest BCUT2D eigenvalue weighted by Gasteiger charge is -2.17. The van der Waals surface area contributed by atoms with Gasteiger partial charge in [0.2, 0.25) is 0 Å². The number of nitrogens with zero attached hydrogens (tertiary/aromatic N) is 2. The number of alkyl halides is 3. The third-order valence-corrected chi connectivity index (χ3v) is 5.90. The number of halogens is 4. The van der Waals surface area contributed by atoms with Gasteiger partial charge in [0.05, 0.1) is 30.9 Å². The van der Waals surface area contributed by atoms with Gasteiger partial charge in [-0.15, -0.1) is 10.2 Å². The molecule has 3 aromatic rings. The molecule has 33 heavy (non-hydrogen) atoms. The average Bonchev–Trinajstić information content (AvgIpc) is 3.28. The van der Waals surface area contributed by atoms with Crippen molar-refractivity contribution in [3.63, 3.8) is 0 Å². The molecule has 0 spiro atoms. The standard InChI is InChI=1S/C22H23F4N3O3S/c1-21(27,13-30)20-29-28-19(33-20)14-4-9-18(17(12-14)22(24,25)26)32-11-3-2-10-31-16-7-5-15(23)6-8-16/h4-9,12,30H,2-3,10-11,13,27H2,1H3/t21-/m0/s1. The second-order valence-corrected chi connectivity index (χ2v) is 8.53. The Hall–Kier alpha value is -2.76. The molecule has 0 aliphatic heterocycles. The SMILES string of the molecule is C[C@](N)(CO)c1nnc(-c2ccc(OCCCCOc3ccc(F)cc3)c(C(F)(F)F)c2)s1. The zero-order chi connectivity index (χ0) is 24.1. The van der Waals surface area contributed by atoms with Crippen molar-refractivity contribution in [3.8, 4) is 22.1 Å². The molecular weight excluding hydrogens is 462 g/mol. The largest absolute Gasteiger partial charge is 0.494 e. The topological polar surface area (TPSA) is 90.5 Å². The summed E-state index contributed by atoms with van der Waals surface area (Å²) in [7, 11) is 0. The minimum absolute atomic E-state index is 0.0696. The zero-order valence-electron chi connectivity index (χ0n) is 17.7. The molecule has 1 aromatic heterocycles. The van der Waals surface area contributed by atoms with Gasteiger partial charge in [-0.05, 0) is 62.2 Å². The van der Waals surface area contributed by atoms with Crippen molar-refractivity contribution in [2.24, 2.45) is 5.73 Å². The Balaban J connectivity index is 1.61. The smallest absolute Gasteiger partial charge is 0.419 e. The maximum Gasteiger partial charge on any atom is 0.419 e. The molecule has 0 fully saturated rings. The minimum atomic E-state index is -4.63. The van der Waals surface area contributed by atoms with Gasteiger partial charge < -0.3 is 20.3 Å². The van der Waals surface area contributed by atoms with Crippen molar-refractivity contribution >= 4 is 11.3 Å². The van der Waals surface area contributed by atoms with Crippen LogP contribution in [0, 0.1) is 5.82 Å². The van der Waals surface area contributed by atoms with E-state index in [-0.39, 0.29) is 35.4 Å². The predicted molar refractivity (Wildman–Crippen MR) is 116 cm³/mol. The molecule has 0 aliphatic carbocycles. The van der Waals surface area contributed by atoms with Crippen LogP contribution >= 0.6 is 11.3 Å². The number of hydrogen-bond acceptors (Lipinski definition) is 7. The van der Waals surface area contributed by atoms with Crippen molar-refractivity contribution in [2.45, 2.75) is 31.5 Å². The van der Waals surface area contributed by atoms with E-state index in [2.05, 4.69) is 10.2 Å². The summed E-state index contributed by atoms with van der Waals surface area (Å²) < 4.78 is 64.6. The summed E-state index contributed by atoms with van der Waals surface area (Å²) in [6.07, 6.45) is -3.61. The molecule has 1 atom stereocenters. The van der Waals surface area contributed by atoms with Gasteiger partial charge in [-0.1, -0.05) is 11.3 Å². The third-order valence-electron chi connectivity index (χ3n) is 4.65. The van der Waals surface area contributed by atoms with Crippen LogP contribution < -0.4 is 15.2 Å². The molecule has 3 rings (SSSR count). The fraction of sp³-hybridized carbons (Fsp3) is 0.364. The number of ether oxygens (including phenoxy) is 2. The summed E-state index contributed by atoms with van der Waals surface area (Å²) in [5.41, 5.74) is 4.08. The maximum absolute atomic E-state index is 13.6. The number of nitrogens with two attached hydrogens (primary N) is 1. The Morgan fingerprint density at radius 3 is 2.30 bits per heavy atom. The van der Waals surface area contributed by atoms with Crippen LogP contribution in [0.15, 0.2) is 42.5 Å². The van der Waals surface area contributed by atoms with Crippen LogP contribution in [0.4, 0.5) is 17.6 Å². The lowest BCUT2D eigenvalue weighted by atomic mass is 10.1. The number of rotatable bonds is 10. The first-order valence-corrected chi connectivity index (χ1v) is 10.9. The molecule has 2 aromatic carbocycles. The van der Waals surface area contributed by atoms with Crippen LogP contribution in [0.2, 0.25) is 0 Å². The molecule has 0 unspecified atom stereocenters. The highest BCUT2D eigenvalue weighted by Crippen LogP contribution is 2.39. The van der Waals surface area contributed by atoms with E-state index in [1.165, 1.54) is 36.4 Å². The van der Waals surface area contributed by atoms with E-state index >= 15 is 0 Å². The van der Waals surface area contributed by atoms with Crippen LogP contribution in [0.5, 0.6) is 11.5 Å². The Kier molecular flexibility index (Phi) is 7.88. The second-order valence-electron chi connectivity index (χ2n) is 7.55.